The van der Waals surface area contributed by atoms with Crippen molar-refractivity contribution in [3.63, 3.8) is 0 Å². The lowest BCUT2D eigenvalue weighted by molar-refractivity contribution is -0.384. The van der Waals surface area contributed by atoms with Crippen LogP contribution in [0.5, 0.6) is 5.75 Å². The first-order chi connectivity index (χ1) is 18.5. The minimum atomic E-state index is -0.903. The fraction of sp³-hybridized carbons (Fsp3) is 0.0370. The van der Waals surface area contributed by atoms with Crippen LogP contribution in [0, 0.1) is 17.0 Å². The first-order valence-electron chi connectivity index (χ1n) is 11.1. The zero-order valence-electron chi connectivity index (χ0n) is 20.0. The second kappa shape index (κ2) is 11.5. The zero-order chi connectivity index (χ0) is 28.3. The molecule has 1 saturated heterocycles. The maximum atomic E-state index is 13.3. The Kier molecular flexibility index (Phi) is 8.17. The number of hydrogen-bond acceptors (Lipinski definition) is 7. The van der Waals surface area contributed by atoms with Crippen LogP contribution in [0.3, 0.4) is 0 Å². The number of non-ortho nitro benzene ring substituents is 1. The van der Waals surface area contributed by atoms with Crippen molar-refractivity contribution < 1.29 is 28.8 Å². The second-order valence-electron chi connectivity index (χ2n) is 8.20. The Bertz CT molecular complexity index is 1580. The summed E-state index contributed by atoms with van der Waals surface area (Å²) in [6.07, 6.45) is 3.77. The highest BCUT2D eigenvalue weighted by molar-refractivity contribution is 9.11. The molecule has 1 N–H and O–H groups in total. The summed E-state index contributed by atoms with van der Waals surface area (Å²) >= 11 is 6.67. The summed E-state index contributed by atoms with van der Waals surface area (Å²) in [6, 6.07) is 14.4. The molecule has 4 rings (SSSR count). The van der Waals surface area contributed by atoms with Crippen LogP contribution < -0.4 is 15.0 Å². The van der Waals surface area contributed by atoms with Crippen molar-refractivity contribution in [2.75, 3.05) is 4.90 Å². The van der Waals surface area contributed by atoms with Gasteiger partial charge in [-0.05, 0) is 77.0 Å². The number of barbiturate groups is 1. The maximum absolute atomic E-state index is 13.3. The smallest absolute Gasteiger partial charge is 0.336 e. The van der Waals surface area contributed by atoms with Gasteiger partial charge in [0.25, 0.3) is 17.5 Å². The molecule has 196 valence electrons. The molecule has 1 heterocycles. The predicted molar refractivity (Wildman–Crippen MR) is 150 cm³/mol. The largest absolute Gasteiger partial charge is 0.422 e. The number of anilines is 1. The molecule has 0 saturated carbocycles. The number of amides is 4. The van der Waals surface area contributed by atoms with E-state index >= 15 is 0 Å². The second-order valence-corrected chi connectivity index (χ2v) is 9.97. The van der Waals surface area contributed by atoms with Crippen LogP contribution >= 0.6 is 31.9 Å². The van der Waals surface area contributed by atoms with Crippen molar-refractivity contribution in [3.05, 3.63) is 108 Å². The fourth-order valence-electron chi connectivity index (χ4n) is 3.54. The van der Waals surface area contributed by atoms with Gasteiger partial charge in [-0.2, -0.15) is 0 Å². The van der Waals surface area contributed by atoms with Crippen molar-refractivity contribution in [1.82, 2.24) is 5.32 Å². The third-order valence-electron chi connectivity index (χ3n) is 5.45. The van der Waals surface area contributed by atoms with E-state index < -0.39 is 28.7 Å². The highest BCUT2D eigenvalue weighted by Gasteiger charge is 2.37. The molecule has 39 heavy (non-hydrogen) atoms. The van der Waals surface area contributed by atoms with Gasteiger partial charge in [-0.3, -0.25) is 25.0 Å². The summed E-state index contributed by atoms with van der Waals surface area (Å²) in [7, 11) is 0. The molecule has 10 nitrogen and oxygen atoms in total. The number of rotatable bonds is 6. The average Bonchev–Trinajstić information content (AvgIpc) is 2.88. The molecule has 0 aliphatic carbocycles. The van der Waals surface area contributed by atoms with E-state index in [1.54, 1.807) is 30.3 Å². The van der Waals surface area contributed by atoms with E-state index in [0.717, 1.165) is 16.5 Å². The van der Waals surface area contributed by atoms with Gasteiger partial charge in [-0.25, -0.2) is 14.5 Å². The molecule has 0 aromatic heterocycles. The number of carbonyl (C=O) groups excluding carboxylic acids is 4. The molecule has 0 atom stereocenters. The van der Waals surface area contributed by atoms with Crippen LogP contribution in [0.2, 0.25) is 0 Å². The fourth-order valence-corrected chi connectivity index (χ4v) is 4.88. The molecule has 0 spiro atoms. The van der Waals surface area contributed by atoms with Crippen LogP contribution in [0.4, 0.5) is 16.2 Å². The number of nitrogens with zero attached hydrogens (tertiary/aromatic N) is 2. The highest BCUT2D eigenvalue weighted by Crippen LogP contribution is 2.35. The van der Waals surface area contributed by atoms with Crippen LogP contribution in [0.15, 0.2) is 81.3 Å². The van der Waals surface area contributed by atoms with Gasteiger partial charge >= 0.3 is 12.0 Å². The molecular weight excluding hydrogens is 638 g/mol. The van der Waals surface area contributed by atoms with E-state index in [2.05, 4.69) is 37.2 Å². The van der Waals surface area contributed by atoms with Crippen LogP contribution in [0.25, 0.3) is 12.2 Å². The molecule has 3 aromatic rings. The van der Waals surface area contributed by atoms with Crippen molar-refractivity contribution in [3.8, 4) is 5.75 Å². The number of halogens is 2. The van der Waals surface area contributed by atoms with E-state index in [1.807, 2.05) is 6.92 Å². The quantitative estimate of drug-likeness (QED) is 0.0897. The monoisotopic (exact) mass is 653 g/mol. The number of ether oxygens (including phenoxy) is 1. The predicted octanol–water partition coefficient (Wildman–Crippen LogP) is 5.71. The number of hydrogen-bond donors (Lipinski definition) is 1. The number of benzene rings is 3. The van der Waals surface area contributed by atoms with Crippen molar-refractivity contribution in [2.24, 2.45) is 0 Å². The van der Waals surface area contributed by atoms with Crippen LogP contribution in [-0.2, 0) is 14.4 Å². The van der Waals surface area contributed by atoms with Gasteiger partial charge in [0.1, 0.15) is 5.57 Å². The molecule has 0 bridgehead atoms. The van der Waals surface area contributed by atoms with E-state index in [9.17, 15) is 29.3 Å². The molecule has 1 aliphatic heterocycles. The van der Waals surface area contributed by atoms with E-state index in [0.29, 0.717) is 14.5 Å². The summed E-state index contributed by atoms with van der Waals surface area (Å²) in [5, 5.41) is 13.0. The SMILES string of the molecule is Cc1ccc(N2C(=O)NC(=O)/C(=C/c3cc(Br)cc(Br)c3OC(=O)/C=C/c3ccc([N+](=O)[O-])cc3)C2=O)cc1. The van der Waals surface area contributed by atoms with Crippen molar-refractivity contribution in [2.45, 2.75) is 6.92 Å². The summed E-state index contributed by atoms with van der Waals surface area (Å²) in [5.41, 5.74) is 1.49. The van der Waals surface area contributed by atoms with Gasteiger partial charge in [0, 0.05) is 28.2 Å². The first-order valence-corrected chi connectivity index (χ1v) is 12.7. The molecule has 3 aromatic carbocycles. The topological polar surface area (TPSA) is 136 Å². The number of nitro benzene ring substituents is 1. The Morgan fingerprint density at radius 1 is 1.03 bits per heavy atom. The zero-order valence-corrected chi connectivity index (χ0v) is 23.2. The summed E-state index contributed by atoms with van der Waals surface area (Å²) in [5.74, 6) is -2.52. The molecule has 1 aliphatic rings. The summed E-state index contributed by atoms with van der Waals surface area (Å²) in [4.78, 5) is 62.1. The van der Waals surface area contributed by atoms with Gasteiger partial charge in [-0.1, -0.05) is 33.6 Å². The van der Waals surface area contributed by atoms with Gasteiger partial charge in [0.2, 0.25) is 0 Å². The molecule has 1 fully saturated rings. The summed E-state index contributed by atoms with van der Waals surface area (Å²) < 4.78 is 6.40. The molecule has 12 heteroatoms. The number of aryl methyl sites for hydroxylation is 1. The lowest BCUT2D eigenvalue weighted by atomic mass is 10.1. The lowest BCUT2D eigenvalue weighted by Crippen LogP contribution is -2.54. The average molecular weight is 655 g/mol. The Morgan fingerprint density at radius 3 is 2.33 bits per heavy atom. The van der Waals surface area contributed by atoms with E-state index in [4.69, 9.17) is 4.74 Å². The number of urea groups is 1. The van der Waals surface area contributed by atoms with E-state index in [-0.39, 0.29) is 28.3 Å². The van der Waals surface area contributed by atoms with Crippen molar-refractivity contribution in [1.29, 1.82) is 0 Å². The molecule has 0 radical (unpaired) electrons. The van der Waals surface area contributed by atoms with Crippen LogP contribution in [0.1, 0.15) is 16.7 Å². The summed E-state index contributed by atoms with van der Waals surface area (Å²) in [6.45, 7) is 1.85. The Hall–Kier alpha value is -4.42. The number of nitrogens with one attached hydrogen (secondary N) is 1. The van der Waals surface area contributed by atoms with Gasteiger partial charge < -0.3 is 4.74 Å². The third-order valence-corrected chi connectivity index (χ3v) is 6.50. The minimum absolute atomic E-state index is 0.0171. The Labute approximate surface area is 238 Å². The Morgan fingerprint density at radius 2 is 1.69 bits per heavy atom. The lowest BCUT2D eigenvalue weighted by Gasteiger charge is -2.26. The van der Waals surface area contributed by atoms with Gasteiger partial charge in [0.15, 0.2) is 5.75 Å². The normalized spacial score (nSPS) is 14.6. The number of nitro groups is 1. The van der Waals surface area contributed by atoms with E-state index in [1.165, 1.54) is 42.5 Å². The maximum Gasteiger partial charge on any atom is 0.336 e. The molecule has 0 unspecified atom stereocenters. The van der Waals surface area contributed by atoms with Crippen molar-refractivity contribution >= 4 is 79.2 Å². The standard InChI is InChI=1S/C27H17Br2N3O7/c1-15-2-7-19(8-3-15)31-26(35)21(25(34)30-27(31)36)13-17-12-18(28)14-22(29)24(17)39-23(33)11-6-16-4-9-20(10-5-16)32(37)38/h2-14H,1H3,(H,30,34,36)/b11-6+,21-13-. The minimum Gasteiger partial charge on any atom is -0.422 e. The number of esters is 1. The first kappa shape index (κ1) is 27.6. The van der Waals surface area contributed by atoms with Gasteiger partial charge in [-0.15, -0.1) is 0 Å². The number of imide groups is 2. The highest BCUT2D eigenvalue weighted by atomic mass is 79.9. The molecular formula is C27H17Br2N3O7. The number of carbonyl (C=O) groups is 4. The van der Waals surface area contributed by atoms with Crippen LogP contribution in [-0.4, -0.2) is 28.7 Å². The third kappa shape index (κ3) is 6.36. The Balaban J connectivity index is 1.64. The molecule has 4 amide bonds. The van der Waals surface area contributed by atoms with Gasteiger partial charge in [0.05, 0.1) is 15.1 Å².